The Morgan fingerprint density at radius 3 is 2.36 bits per heavy atom. The first-order valence-corrected chi connectivity index (χ1v) is 16.0. The Morgan fingerprint density at radius 1 is 1.13 bits per heavy atom. The molecule has 0 aromatic heterocycles. The van der Waals surface area contributed by atoms with Crippen LogP contribution in [0.3, 0.4) is 0 Å². The zero-order valence-corrected chi connectivity index (χ0v) is 27.8. The smallest absolute Gasteiger partial charge is 0.333 e. The van der Waals surface area contributed by atoms with Crippen molar-refractivity contribution in [1.82, 2.24) is 0 Å². The molecule has 0 N–H and O–H groups in total. The van der Waals surface area contributed by atoms with E-state index in [0.717, 1.165) is 0 Å². The van der Waals surface area contributed by atoms with E-state index in [1.165, 1.54) is 19.9 Å². The molecule has 4 aliphatic rings. The molecule has 0 unspecified atom stereocenters. The van der Waals surface area contributed by atoms with Gasteiger partial charge in [-0.05, 0) is 57.3 Å². The summed E-state index contributed by atoms with van der Waals surface area (Å²) >= 11 is 0. The number of ether oxygens (including phenoxy) is 6. The molecule has 11 heteroatoms. The quantitative estimate of drug-likeness (QED) is 0.138. The number of epoxide rings is 1. The van der Waals surface area contributed by atoms with E-state index in [0.29, 0.717) is 43.4 Å². The highest BCUT2D eigenvalue weighted by atomic mass is 16.6. The fraction of sp³-hybridized carbons (Fsp3) is 0.735. The predicted octanol–water partition coefficient (Wildman–Crippen LogP) is 4.40. The first kappa shape index (κ1) is 34.7. The van der Waals surface area contributed by atoms with Crippen molar-refractivity contribution in [3.63, 3.8) is 0 Å². The van der Waals surface area contributed by atoms with Gasteiger partial charge in [-0.1, -0.05) is 33.8 Å². The van der Waals surface area contributed by atoms with Crippen molar-refractivity contribution < 1.29 is 52.4 Å². The van der Waals surface area contributed by atoms with Gasteiger partial charge >= 0.3 is 29.8 Å². The van der Waals surface area contributed by atoms with Crippen LogP contribution in [0.15, 0.2) is 23.3 Å². The molecule has 1 spiro atoms. The lowest BCUT2D eigenvalue weighted by Gasteiger charge is -2.64. The summed E-state index contributed by atoms with van der Waals surface area (Å²) in [4.78, 5) is 63.6. The van der Waals surface area contributed by atoms with Crippen molar-refractivity contribution in [1.29, 1.82) is 0 Å². The van der Waals surface area contributed by atoms with Crippen LogP contribution in [0.25, 0.3) is 0 Å². The van der Waals surface area contributed by atoms with Gasteiger partial charge in [0.15, 0.2) is 0 Å². The van der Waals surface area contributed by atoms with Gasteiger partial charge in [-0.2, -0.15) is 0 Å². The number of rotatable bonds is 11. The molecule has 2 heterocycles. The second-order valence-electron chi connectivity index (χ2n) is 13.5. The summed E-state index contributed by atoms with van der Waals surface area (Å²) in [6.45, 7) is 14.1. The highest BCUT2D eigenvalue weighted by molar-refractivity contribution is 5.88. The SMILES string of the molecule is C/C=C(\C)C(=O)O[C@@H](C[C@@]1(C)[C@H](C)C[C@H](OC(C)=O)[C@]2(COC(C)=O)[C@@H]1[C@H](OC(=O)[C@H](C)CC)CC[C@]21CO1)C1=CC(=O)OC1. The summed E-state index contributed by atoms with van der Waals surface area (Å²) < 4.78 is 35.7. The zero-order chi connectivity index (χ0) is 33.3. The normalized spacial score (nSPS) is 35.3. The Balaban J connectivity index is 1.90. The minimum absolute atomic E-state index is 0.0189. The van der Waals surface area contributed by atoms with Crippen LogP contribution in [-0.4, -0.2) is 73.6 Å². The van der Waals surface area contributed by atoms with Gasteiger partial charge in [-0.3, -0.25) is 14.4 Å². The van der Waals surface area contributed by atoms with Gasteiger partial charge < -0.3 is 28.4 Å². The third kappa shape index (κ3) is 6.55. The second-order valence-corrected chi connectivity index (χ2v) is 13.5. The Bertz CT molecular complexity index is 1260. The minimum Gasteiger partial charge on any atom is -0.465 e. The summed E-state index contributed by atoms with van der Waals surface area (Å²) in [5, 5.41) is 0. The fourth-order valence-corrected chi connectivity index (χ4v) is 7.84. The Kier molecular flexibility index (Phi) is 10.2. The molecule has 0 aromatic rings. The van der Waals surface area contributed by atoms with Crippen LogP contribution in [0.2, 0.25) is 0 Å². The molecule has 45 heavy (non-hydrogen) atoms. The molecule has 250 valence electrons. The first-order valence-electron chi connectivity index (χ1n) is 16.0. The monoisotopic (exact) mass is 632 g/mol. The number of hydrogen-bond donors (Lipinski definition) is 0. The van der Waals surface area contributed by atoms with E-state index in [1.54, 1.807) is 19.9 Å². The highest BCUT2D eigenvalue weighted by Gasteiger charge is 2.77. The van der Waals surface area contributed by atoms with Crippen molar-refractivity contribution in [2.45, 2.75) is 111 Å². The van der Waals surface area contributed by atoms with Gasteiger partial charge in [0.05, 0.1) is 17.9 Å². The van der Waals surface area contributed by atoms with E-state index in [2.05, 4.69) is 6.92 Å². The van der Waals surface area contributed by atoms with E-state index >= 15 is 0 Å². The van der Waals surface area contributed by atoms with Gasteiger partial charge in [-0.15, -0.1) is 0 Å². The maximum atomic E-state index is 13.4. The number of allylic oxidation sites excluding steroid dienone is 1. The van der Waals surface area contributed by atoms with E-state index in [9.17, 15) is 24.0 Å². The molecule has 2 aliphatic heterocycles. The van der Waals surface area contributed by atoms with Crippen LogP contribution in [-0.2, 0) is 52.4 Å². The predicted molar refractivity (Wildman–Crippen MR) is 160 cm³/mol. The van der Waals surface area contributed by atoms with Gasteiger partial charge in [0.25, 0.3) is 0 Å². The maximum Gasteiger partial charge on any atom is 0.333 e. The van der Waals surface area contributed by atoms with Gasteiger partial charge in [0, 0.05) is 37.0 Å². The lowest BCUT2D eigenvalue weighted by molar-refractivity contribution is -0.260. The van der Waals surface area contributed by atoms with Crippen LogP contribution in [0, 0.1) is 28.6 Å². The molecule has 9 atom stereocenters. The lowest BCUT2D eigenvalue weighted by Crippen LogP contribution is -2.71. The third-order valence-electron chi connectivity index (χ3n) is 10.9. The molecule has 3 fully saturated rings. The summed E-state index contributed by atoms with van der Waals surface area (Å²) in [5.74, 6) is -3.43. The average Bonchev–Trinajstić information content (AvgIpc) is 3.64. The fourth-order valence-electron chi connectivity index (χ4n) is 7.84. The highest BCUT2D eigenvalue weighted by Crippen LogP contribution is 2.70. The van der Waals surface area contributed by atoms with E-state index in [-0.39, 0.29) is 37.4 Å². The topological polar surface area (TPSA) is 144 Å². The van der Waals surface area contributed by atoms with Crippen LogP contribution < -0.4 is 0 Å². The molecular formula is C34H48O11. The molecule has 11 nitrogen and oxygen atoms in total. The van der Waals surface area contributed by atoms with Crippen LogP contribution in [0.4, 0.5) is 0 Å². The molecule has 0 amide bonds. The number of esters is 5. The Hall–Kier alpha value is -3.21. The lowest BCUT2D eigenvalue weighted by atomic mass is 9.42. The maximum absolute atomic E-state index is 13.4. The van der Waals surface area contributed by atoms with E-state index < -0.39 is 64.5 Å². The minimum atomic E-state index is -1.07. The van der Waals surface area contributed by atoms with Crippen molar-refractivity contribution >= 4 is 29.8 Å². The third-order valence-corrected chi connectivity index (χ3v) is 10.9. The molecule has 4 rings (SSSR count). The summed E-state index contributed by atoms with van der Waals surface area (Å²) in [6, 6.07) is 0. The van der Waals surface area contributed by atoms with Gasteiger partial charge in [-0.25, -0.2) is 9.59 Å². The summed E-state index contributed by atoms with van der Waals surface area (Å²) in [6.07, 6.45) is 3.04. The van der Waals surface area contributed by atoms with Crippen molar-refractivity contribution in [3.8, 4) is 0 Å². The van der Waals surface area contributed by atoms with Gasteiger partial charge in [0.2, 0.25) is 0 Å². The van der Waals surface area contributed by atoms with Crippen LogP contribution in [0.5, 0.6) is 0 Å². The molecule has 0 radical (unpaired) electrons. The number of carbonyl (C=O) groups excluding carboxylic acids is 5. The van der Waals surface area contributed by atoms with Crippen LogP contribution in [0.1, 0.15) is 87.5 Å². The number of carbonyl (C=O) groups is 5. The number of hydrogen-bond acceptors (Lipinski definition) is 11. The second kappa shape index (κ2) is 13.3. The number of fused-ring (bicyclic) bond motifs is 2. The first-order chi connectivity index (χ1) is 21.1. The molecule has 2 aliphatic carbocycles. The van der Waals surface area contributed by atoms with E-state index in [4.69, 9.17) is 28.4 Å². The molecular weight excluding hydrogens is 584 g/mol. The van der Waals surface area contributed by atoms with Crippen LogP contribution >= 0.6 is 0 Å². The number of cyclic esters (lactones) is 1. The largest absolute Gasteiger partial charge is 0.465 e. The zero-order valence-electron chi connectivity index (χ0n) is 27.8. The Labute approximate surface area is 265 Å². The molecule has 2 saturated carbocycles. The van der Waals surface area contributed by atoms with Gasteiger partial charge in [0.1, 0.15) is 37.1 Å². The standard InChI is InChI=1S/C34H48O11/c1-9-19(3)30(38)44-25-11-12-33(17-42-33)34(18-41-22(6)35)27(43-23(7)36)13-21(5)32(8,29(25)34)15-26(24-14-28(37)40-16-24)45-31(39)20(4)10-2/h10,14,19,21,25-27,29H,9,11-13,15-18H2,1-8H3/b20-10+/t19-,21-,25-,26+,27+,29-,32+,33+,34-/m1/s1. The summed E-state index contributed by atoms with van der Waals surface area (Å²) in [7, 11) is 0. The average molecular weight is 633 g/mol. The molecule has 1 saturated heterocycles. The Morgan fingerprint density at radius 2 is 1.82 bits per heavy atom. The van der Waals surface area contributed by atoms with Crippen molar-refractivity contribution in [2.24, 2.45) is 28.6 Å². The van der Waals surface area contributed by atoms with Crippen molar-refractivity contribution in [3.05, 3.63) is 23.3 Å². The molecule has 0 bridgehead atoms. The molecule has 0 aromatic carbocycles. The summed E-state index contributed by atoms with van der Waals surface area (Å²) in [5.41, 5.74) is -1.69. The van der Waals surface area contributed by atoms with Crippen molar-refractivity contribution in [2.75, 3.05) is 19.8 Å². The van der Waals surface area contributed by atoms with E-state index in [1.807, 2.05) is 20.8 Å².